The fourth-order valence-corrected chi connectivity index (χ4v) is 9.38. The van der Waals surface area contributed by atoms with Gasteiger partial charge in [-0.15, -0.1) is 0 Å². The SMILES string of the molecule is CC(C)C[C@H]1C(=O)N2CCCC[C@H]2[C@]2(O)O[C@](NC(=O)[C@@H]3C=C4c5cccc6c5C(C[C@H]4N(C)C3)C(Br)N6)(C(C)C)C(=O)N12. The monoisotopic (exact) mass is 669 g/mol. The van der Waals surface area contributed by atoms with Gasteiger partial charge in [-0.25, -0.2) is 0 Å². The Morgan fingerprint density at radius 2 is 2.00 bits per heavy atom. The van der Waals surface area contributed by atoms with E-state index in [9.17, 15) is 19.5 Å². The third kappa shape index (κ3) is 4.25. The molecule has 0 radical (unpaired) electrons. The van der Waals surface area contributed by atoms with E-state index in [1.165, 1.54) is 10.5 Å². The molecular weight excluding hydrogens is 626 g/mol. The Morgan fingerprint density at radius 3 is 2.73 bits per heavy atom. The molecule has 3 saturated heterocycles. The van der Waals surface area contributed by atoms with E-state index < -0.39 is 41.5 Å². The van der Waals surface area contributed by atoms with Crippen LogP contribution in [0.1, 0.15) is 76.8 Å². The van der Waals surface area contributed by atoms with Crippen LogP contribution in [0, 0.1) is 17.8 Å². The number of piperidine rings is 1. The molecule has 5 aliphatic heterocycles. The molecule has 11 heteroatoms. The molecule has 44 heavy (non-hydrogen) atoms. The molecular formula is C33H44BrN5O5. The lowest BCUT2D eigenvalue weighted by Crippen LogP contribution is -2.73. The first-order chi connectivity index (χ1) is 20.9. The molecule has 0 aromatic heterocycles. The molecule has 2 unspecified atom stereocenters. The second-order valence-corrected chi connectivity index (χ2v) is 15.3. The lowest BCUT2D eigenvalue weighted by molar-refractivity contribution is -0.329. The van der Waals surface area contributed by atoms with Crippen LogP contribution in [0.4, 0.5) is 5.69 Å². The number of ether oxygens (including phenoxy) is 1. The van der Waals surface area contributed by atoms with Gasteiger partial charge in [-0.2, -0.15) is 0 Å². The van der Waals surface area contributed by atoms with Crippen LogP contribution < -0.4 is 10.6 Å². The van der Waals surface area contributed by atoms with E-state index in [1.807, 2.05) is 27.7 Å². The standard InChI is InChI=1S/C33H44BrN5O5/c1-17(2)13-25-30(41)38-12-7-6-11-26(38)33(43)39(25)31(42)32(44-33,18(3)4)36-29(40)19-14-21-20-9-8-10-23-27(20)22(28(34)35-23)15-24(21)37(5)16-19/h8-10,14,17-19,22,24-26,28,35,43H,6-7,11-13,15-16H2,1-5H3,(H,36,40)/t19-,22?,24-,25+,26+,28?,32-,33+/m1/s1. The van der Waals surface area contributed by atoms with Crippen LogP contribution >= 0.6 is 15.9 Å². The number of aliphatic hydroxyl groups is 1. The molecule has 5 heterocycles. The fraction of sp³-hybridized carbons (Fsp3) is 0.667. The molecule has 3 amide bonds. The summed E-state index contributed by atoms with van der Waals surface area (Å²) in [7, 11) is 2.05. The number of halogens is 1. The summed E-state index contributed by atoms with van der Waals surface area (Å²) in [5.41, 5.74) is 2.90. The number of carbonyl (C=O) groups is 3. The van der Waals surface area contributed by atoms with Crippen LogP contribution in [0.15, 0.2) is 24.3 Å². The number of carbonyl (C=O) groups excluding carboxylic acids is 3. The van der Waals surface area contributed by atoms with Crippen molar-refractivity contribution in [3.63, 3.8) is 0 Å². The molecule has 10 nitrogen and oxygen atoms in total. The highest BCUT2D eigenvalue weighted by molar-refractivity contribution is 9.09. The highest BCUT2D eigenvalue weighted by atomic mass is 79.9. The predicted octanol–water partition coefficient (Wildman–Crippen LogP) is 3.42. The molecule has 0 bridgehead atoms. The van der Waals surface area contributed by atoms with Crippen molar-refractivity contribution in [2.45, 2.75) is 100 Å². The van der Waals surface area contributed by atoms with Gasteiger partial charge in [0.15, 0.2) is 0 Å². The summed E-state index contributed by atoms with van der Waals surface area (Å²) >= 11 is 3.82. The highest BCUT2D eigenvalue weighted by Gasteiger charge is 2.71. The molecule has 6 aliphatic rings. The van der Waals surface area contributed by atoms with Crippen LogP contribution in [0.2, 0.25) is 0 Å². The summed E-state index contributed by atoms with van der Waals surface area (Å²) in [6.07, 6.45) is 5.58. The fourth-order valence-electron chi connectivity index (χ4n) is 8.66. The van der Waals surface area contributed by atoms with Crippen molar-refractivity contribution in [1.82, 2.24) is 20.0 Å². The second-order valence-electron chi connectivity index (χ2n) is 14.3. The maximum absolute atomic E-state index is 14.5. The van der Waals surface area contributed by atoms with Crippen molar-refractivity contribution < 1.29 is 24.2 Å². The number of rotatable bonds is 5. The van der Waals surface area contributed by atoms with Gasteiger partial charge in [0, 0.05) is 36.7 Å². The molecule has 1 aromatic carbocycles. The van der Waals surface area contributed by atoms with Gasteiger partial charge < -0.3 is 20.6 Å². The van der Waals surface area contributed by atoms with E-state index in [2.05, 4.69) is 62.8 Å². The summed E-state index contributed by atoms with van der Waals surface area (Å²) in [5.74, 6) is -3.63. The molecule has 3 N–H and O–H groups in total. The summed E-state index contributed by atoms with van der Waals surface area (Å²) in [4.78, 5) is 47.9. The Kier molecular flexibility index (Phi) is 7.23. The molecule has 8 atom stereocenters. The number of fused-ring (bicyclic) bond motifs is 5. The third-order valence-electron chi connectivity index (χ3n) is 10.8. The molecule has 0 spiro atoms. The minimum atomic E-state index is -2.02. The lowest BCUT2D eigenvalue weighted by atomic mass is 9.74. The molecule has 238 valence electrons. The van der Waals surface area contributed by atoms with E-state index in [1.54, 1.807) is 4.90 Å². The maximum Gasteiger partial charge on any atom is 0.281 e. The smallest absolute Gasteiger partial charge is 0.281 e. The first-order valence-corrected chi connectivity index (χ1v) is 17.1. The summed E-state index contributed by atoms with van der Waals surface area (Å²) in [6.45, 7) is 8.64. The lowest BCUT2D eigenvalue weighted by Gasteiger charge is -2.53. The van der Waals surface area contributed by atoms with Crippen molar-refractivity contribution in [2.75, 3.05) is 25.5 Å². The average Bonchev–Trinajstić information content (AvgIpc) is 3.43. The Balaban J connectivity index is 1.23. The normalized spacial score (nSPS) is 37.8. The summed E-state index contributed by atoms with van der Waals surface area (Å²) in [6, 6.07) is 4.92. The number of nitrogens with one attached hydrogen (secondary N) is 2. The first kappa shape index (κ1) is 30.2. The molecule has 1 aromatic rings. The van der Waals surface area contributed by atoms with Crippen LogP contribution in [-0.4, -0.2) is 92.4 Å². The van der Waals surface area contributed by atoms with Gasteiger partial charge in [0.25, 0.3) is 11.8 Å². The highest BCUT2D eigenvalue weighted by Crippen LogP contribution is 2.52. The summed E-state index contributed by atoms with van der Waals surface area (Å²) in [5, 5.41) is 18.9. The van der Waals surface area contributed by atoms with Gasteiger partial charge in [-0.1, -0.05) is 61.8 Å². The van der Waals surface area contributed by atoms with Crippen molar-refractivity contribution in [2.24, 2.45) is 17.8 Å². The van der Waals surface area contributed by atoms with Crippen LogP contribution in [0.5, 0.6) is 0 Å². The van der Waals surface area contributed by atoms with Gasteiger partial charge in [-0.3, -0.25) is 28.9 Å². The Bertz CT molecular complexity index is 1430. The quantitative estimate of drug-likeness (QED) is 0.325. The van der Waals surface area contributed by atoms with Crippen LogP contribution in [0.3, 0.4) is 0 Å². The maximum atomic E-state index is 14.5. The third-order valence-corrected chi connectivity index (χ3v) is 11.7. The molecule has 3 fully saturated rings. The number of alkyl halides is 1. The van der Waals surface area contributed by atoms with Crippen LogP contribution in [0.25, 0.3) is 5.57 Å². The van der Waals surface area contributed by atoms with Crippen LogP contribution in [-0.2, 0) is 19.1 Å². The van der Waals surface area contributed by atoms with Crippen molar-refractivity contribution in [3.8, 4) is 0 Å². The van der Waals surface area contributed by atoms with Crippen molar-refractivity contribution in [3.05, 3.63) is 35.4 Å². The number of anilines is 1. The predicted molar refractivity (Wildman–Crippen MR) is 169 cm³/mol. The Labute approximate surface area is 267 Å². The largest absolute Gasteiger partial charge is 0.372 e. The number of amides is 3. The minimum absolute atomic E-state index is 0.105. The van der Waals surface area contributed by atoms with Crippen molar-refractivity contribution in [1.29, 1.82) is 0 Å². The minimum Gasteiger partial charge on any atom is -0.372 e. The zero-order valence-corrected chi connectivity index (χ0v) is 27.8. The number of piperazine rings is 1. The van der Waals surface area contributed by atoms with Gasteiger partial charge in [0.1, 0.15) is 12.1 Å². The zero-order chi connectivity index (χ0) is 31.3. The van der Waals surface area contributed by atoms with Gasteiger partial charge in [-0.05, 0) is 67.8 Å². The van der Waals surface area contributed by atoms with E-state index in [0.29, 0.717) is 31.8 Å². The van der Waals surface area contributed by atoms with E-state index in [4.69, 9.17) is 4.74 Å². The Hall–Kier alpha value is -2.47. The van der Waals surface area contributed by atoms with E-state index in [0.717, 1.165) is 36.1 Å². The Morgan fingerprint density at radius 1 is 1.23 bits per heavy atom. The van der Waals surface area contributed by atoms with E-state index >= 15 is 0 Å². The number of hydrogen-bond donors (Lipinski definition) is 3. The molecule has 7 rings (SSSR count). The first-order valence-electron chi connectivity index (χ1n) is 16.2. The van der Waals surface area contributed by atoms with Crippen molar-refractivity contribution >= 4 is 44.9 Å². The average molecular weight is 671 g/mol. The second kappa shape index (κ2) is 10.5. The van der Waals surface area contributed by atoms with E-state index in [-0.39, 0.29) is 28.7 Å². The number of hydrogen-bond acceptors (Lipinski definition) is 7. The number of nitrogens with zero attached hydrogens (tertiary/aromatic N) is 3. The number of likely N-dealkylation sites (N-methyl/N-ethyl adjacent to an activating group) is 1. The number of benzene rings is 1. The zero-order valence-electron chi connectivity index (χ0n) is 26.2. The van der Waals surface area contributed by atoms with Gasteiger partial charge >= 0.3 is 0 Å². The van der Waals surface area contributed by atoms with Gasteiger partial charge in [0.2, 0.25) is 17.5 Å². The molecule has 0 saturated carbocycles. The molecule has 1 aliphatic carbocycles. The topological polar surface area (TPSA) is 114 Å². The van der Waals surface area contributed by atoms with Gasteiger partial charge in [0.05, 0.1) is 10.9 Å². The summed E-state index contributed by atoms with van der Waals surface area (Å²) < 4.78 is 6.50.